The number of benzene rings is 6. The summed E-state index contributed by atoms with van der Waals surface area (Å²) in [5.41, 5.74) is 7.63. The quantitative estimate of drug-likeness (QED) is 0.212. The topological polar surface area (TPSA) is 30.2 Å². The molecular weight excluding hydrogens is 474 g/mol. The van der Waals surface area contributed by atoms with Crippen molar-refractivity contribution in [3.05, 3.63) is 128 Å². The lowest BCUT2D eigenvalue weighted by Gasteiger charge is -2.14. The van der Waals surface area contributed by atoms with Gasteiger partial charge in [0.25, 0.3) is 0 Å². The maximum atomic E-state index is 5.12. The summed E-state index contributed by atoms with van der Waals surface area (Å²) >= 11 is 0. The van der Waals surface area contributed by atoms with Gasteiger partial charge in [-0.3, -0.25) is 9.38 Å². The van der Waals surface area contributed by atoms with Gasteiger partial charge in [-0.05, 0) is 74.5 Å². The Morgan fingerprint density at radius 2 is 1.31 bits per heavy atom. The smallest absolute Gasteiger partial charge is 0.148 e. The maximum absolute atomic E-state index is 5.12. The zero-order valence-electron chi connectivity index (χ0n) is 21.0. The van der Waals surface area contributed by atoms with Crippen LogP contribution >= 0.6 is 0 Å². The fourth-order valence-electron chi connectivity index (χ4n) is 6.44. The first-order valence-corrected chi connectivity index (χ1v) is 13.3. The number of pyridine rings is 2. The minimum Gasteiger partial charge on any atom is -0.292 e. The van der Waals surface area contributed by atoms with E-state index >= 15 is 0 Å². The molecule has 0 unspecified atom stereocenters. The van der Waals surface area contributed by atoms with Crippen LogP contribution in [-0.4, -0.2) is 14.4 Å². The second-order valence-electron chi connectivity index (χ2n) is 10.2. The van der Waals surface area contributed by atoms with Crippen LogP contribution in [0.3, 0.4) is 0 Å². The normalized spacial score (nSPS) is 12.1. The first-order valence-electron chi connectivity index (χ1n) is 13.3. The molecule has 0 radical (unpaired) electrons. The molecule has 0 N–H and O–H groups in total. The molecule has 0 aliphatic carbocycles. The van der Waals surface area contributed by atoms with Gasteiger partial charge in [0.2, 0.25) is 0 Å². The number of rotatable bonds is 1. The van der Waals surface area contributed by atoms with Crippen molar-refractivity contribution in [1.82, 2.24) is 14.4 Å². The number of imidazole rings is 1. The Kier molecular flexibility index (Phi) is 4.05. The summed E-state index contributed by atoms with van der Waals surface area (Å²) < 4.78 is 2.31. The van der Waals surface area contributed by atoms with Gasteiger partial charge >= 0.3 is 0 Å². The SMILES string of the molecule is c1ccc2c(c1)cc(-c1ccc3c(c1)c1ccc4cccnc4c1c1nc4ccccc4n31)c1ccccc12. The van der Waals surface area contributed by atoms with Crippen molar-refractivity contribution < 1.29 is 0 Å². The van der Waals surface area contributed by atoms with Crippen LogP contribution in [0.5, 0.6) is 0 Å². The van der Waals surface area contributed by atoms with Crippen LogP contribution in [0.25, 0.3) is 81.9 Å². The molecular formula is C36H21N3. The fraction of sp³-hybridized carbons (Fsp3) is 0. The van der Waals surface area contributed by atoms with Crippen LogP contribution in [0.2, 0.25) is 0 Å². The van der Waals surface area contributed by atoms with E-state index in [0.717, 1.165) is 38.5 Å². The van der Waals surface area contributed by atoms with Gasteiger partial charge in [0.1, 0.15) is 5.65 Å². The standard InChI is InChI=1S/C36H21N3/c1-2-10-25-23(8-1)20-29(27-12-4-3-11-26(25)27)24-16-18-32-30(21-24)28-17-15-22-9-7-19-37-35(22)34(28)36-38-31-13-5-6-14-33(31)39(32)36/h1-21H. The fourth-order valence-corrected chi connectivity index (χ4v) is 6.44. The van der Waals surface area contributed by atoms with Crippen LogP contribution in [0.15, 0.2) is 128 Å². The molecule has 9 rings (SSSR count). The molecule has 0 atom stereocenters. The van der Waals surface area contributed by atoms with E-state index in [1.54, 1.807) is 0 Å². The number of hydrogen-bond acceptors (Lipinski definition) is 2. The van der Waals surface area contributed by atoms with Gasteiger partial charge in [-0.25, -0.2) is 4.98 Å². The summed E-state index contributed by atoms with van der Waals surface area (Å²) in [4.78, 5) is 9.96. The molecule has 6 aromatic carbocycles. The van der Waals surface area contributed by atoms with Crippen LogP contribution in [0.4, 0.5) is 0 Å². The van der Waals surface area contributed by atoms with E-state index in [1.165, 1.54) is 43.4 Å². The Morgan fingerprint density at radius 3 is 2.26 bits per heavy atom. The lowest BCUT2D eigenvalue weighted by molar-refractivity contribution is 1.31. The number of aromatic nitrogens is 3. The van der Waals surface area contributed by atoms with E-state index in [-0.39, 0.29) is 0 Å². The zero-order valence-corrected chi connectivity index (χ0v) is 21.0. The van der Waals surface area contributed by atoms with E-state index in [0.29, 0.717) is 0 Å². The molecule has 9 aromatic rings. The maximum Gasteiger partial charge on any atom is 0.148 e. The molecule has 0 bridgehead atoms. The molecule has 0 fully saturated rings. The number of hydrogen-bond donors (Lipinski definition) is 0. The highest BCUT2D eigenvalue weighted by Crippen LogP contribution is 2.40. The van der Waals surface area contributed by atoms with Crippen LogP contribution < -0.4 is 0 Å². The van der Waals surface area contributed by atoms with Crippen molar-refractivity contribution in [2.24, 2.45) is 0 Å². The summed E-state index contributed by atoms with van der Waals surface area (Å²) in [6.45, 7) is 0. The number of fused-ring (bicyclic) bond motifs is 13. The predicted octanol–water partition coefficient (Wildman–Crippen LogP) is 9.32. The second-order valence-corrected chi connectivity index (χ2v) is 10.2. The number of nitrogens with zero attached hydrogens (tertiary/aromatic N) is 3. The zero-order chi connectivity index (χ0) is 25.5. The molecule has 0 spiro atoms. The highest BCUT2D eigenvalue weighted by Gasteiger charge is 2.17. The molecule has 0 saturated carbocycles. The van der Waals surface area contributed by atoms with Crippen LogP contribution in [0.1, 0.15) is 0 Å². The Hall–Kier alpha value is -5.28. The van der Waals surface area contributed by atoms with Crippen molar-refractivity contribution in [1.29, 1.82) is 0 Å². The Balaban J connectivity index is 1.48. The van der Waals surface area contributed by atoms with E-state index in [2.05, 4.69) is 120 Å². The molecule has 180 valence electrons. The van der Waals surface area contributed by atoms with Crippen molar-refractivity contribution >= 4 is 70.8 Å². The first-order chi connectivity index (χ1) is 19.3. The van der Waals surface area contributed by atoms with Gasteiger partial charge < -0.3 is 0 Å². The van der Waals surface area contributed by atoms with Gasteiger partial charge in [-0.15, -0.1) is 0 Å². The summed E-state index contributed by atoms with van der Waals surface area (Å²) in [6, 6.07) is 43.6. The van der Waals surface area contributed by atoms with Crippen LogP contribution in [-0.2, 0) is 0 Å². The van der Waals surface area contributed by atoms with E-state index < -0.39 is 0 Å². The van der Waals surface area contributed by atoms with Gasteiger partial charge in [0, 0.05) is 17.0 Å². The van der Waals surface area contributed by atoms with Crippen molar-refractivity contribution in [3.63, 3.8) is 0 Å². The Morgan fingerprint density at radius 1 is 0.513 bits per heavy atom. The molecule has 0 saturated heterocycles. The van der Waals surface area contributed by atoms with Gasteiger partial charge in [-0.1, -0.05) is 84.9 Å². The van der Waals surface area contributed by atoms with E-state index in [9.17, 15) is 0 Å². The molecule has 0 aliphatic heterocycles. The van der Waals surface area contributed by atoms with Gasteiger partial charge in [0.15, 0.2) is 0 Å². The third kappa shape index (κ3) is 2.82. The molecule has 3 heteroatoms. The lowest BCUT2D eigenvalue weighted by atomic mass is 9.92. The first kappa shape index (κ1) is 20.7. The highest BCUT2D eigenvalue weighted by molar-refractivity contribution is 6.23. The van der Waals surface area contributed by atoms with E-state index in [4.69, 9.17) is 9.97 Å². The summed E-state index contributed by atoms with van der Waals surface area (Å²) in [7, 11) is 0. The number of para-hydroxylation sites is 2. The van der Waals surface area contributed by atoms with Crippen molar-refractivity contribution in [3.8, 4) is 11.1 Å². The molecule has 39 heavy (non-hydrogen) atoms. The van der Waals surface area contributed by atoms with E-state index in [1.807, 2.05) is 12.3 Å². The summed E-state index contributed by atoms with van der Waals surface area (Å²) in [6.07, 6.45) is 1.88. The second kappa shape index (κ2) is 7.62. The monoisotopic (exact) mass is 495 g/mol. The largest absolute Gasteiger partial charge is 0.292 e. The molecule has 0 aliphatic rings. The average molecular weight is 496 g/mol. The molecule has 3 nitrogen and oxygen atoms in total. The third-order valence-corrected chi connectivity index (χ3v) is 8.17. The minimum absolute atomic E-state index is 0.951. The Labute approximate surface area is 223 Å². The predicted molar refractivity (Wildman–Crippen MR) is 163 cm³/mol. The van der Waals surface area contributed by atoms with Crippen molar-refractivity contribution in [2.45, 2.75) is 0 Å². The average Bonchev–Trinajstić information content (AvgIpc) is 3.40. The summed E-state index contributed by atoms with van der Waals surface area (Å²) in [5.74, 6) is 0. The third-order valence-electron chi connectivity index (χ3n) is 8.17. The van der Waals surface area contributed by atoms with Crippen molar-refractivity contribution in [2.75, 3.05) is 0 Å². The minimum atomic E-state index is 0.951. The molecule has 3 heterocycles. The molecule has 3 aromatic heterocycles. The van der Waals surface area contributed by atoms with Crippen LogP contribution in [0, 0.1) is 0 Å². The van der Waals surface area contributed by atoms with Gasteiger partial charge in [0.05, 0.1) is 27.5 Å². The lowest BCUT2D eigenvalue weighted by Crippen LogP contribution is -1.94. The van der Waals surface area contributed by atoms with Gasteiger partial charge in [-0.2, -0.15) is 0 Å². The highest BCUT2D eigenvalue weighted by atomic mass is 15.0. The Bertz CT molecular complexity index is 2450. The molecule has 0 amide bonds. The summed E-state index contributed by atoms with van der Waals surface area (Å²) in [5, 5.41) is 9.67.